The molecule has 1 nitrogen and oxygen atoms in total. The van der Waals surface area contributed by atoms with Gasteiger partial charge in [-0.15, -0.1) is 0 Å². The predicted molar refractivity (Wildman–Crippen MR) is 76.5 cm³/mol. The molecule has 102 valence electrons. The van der Waals surface area contributed by atoms with E-state index in [2.05, 4.69) is 24.0 Å². The Kier molecular flexibility index (Phi) is 3.69. The molecule has 19 heavy (non-hydrogen) atoms. The Balaban J connectivity index is 1.85. The molecule has 1 aromatic rings. The number of halogens is 1. The highest BCUT2D eigenvalue weighted by Crippen LogP contribution is 2.38. The molecule has 2 unspecified atom stereocenters. The molecule has 1 aromatic carbocycles. The second-order valence-corrected chi connectivity index (χ2v) is 5.80. The van der Waals surface area contributed by atoms with Gasteiger partial charge in [0.1, 0.15) is 5.82 Å². The van der Waals surface area contributed by atoms with E-state index in [4.69, 9.17) is 0 Å². The fourth-order valence-corrected chi connectivity index (χ4v) is 3.26. The van der Waals surface area contributed by atoms with Crippen molar-refractivity contribution in [2.24, 2.45) is 0 Å². The van der Waals surface area contributed by atoms with E-state index < -0.39 is 0 Å². The van der Waals surface area contributed by atoms with Gasteiger partial charge < -0.3 is 0 Å². The molecular weight excluding hydrogens is 237 g/mol. The highest BCUT2D eigenvalue weighted by molar-refractivity contribution is 5.22. The van der Waals surface area contributed by atoms with Crippen molar-refractivity contribution in [3.63, 3.8) is 0 Å². The topological polar surface area (TPSA) is 3.24 Å². The van der Waals surface area contributed by atoms with E-state index in [-0.39, 0.29) is 11.9 Å². The average Bonchev–Trinajstić information content (AvgIpc) is 3.25. The summed E-state index contributed by atoms with van der Waals surface area (Å²) >= 11 is 0. The van der Waals surface area contributed by atoms with Gasteiger partial charge in [-0.1, -0.05) is 30.4 Å². The minimum absolute atomic E-state index is 0.0690. The second kappa shape index (κ2) is 5.46. The van der Waals surface area contributed by atoms with Gasteiger partial charge in [0.05, 0.1) is 0 Å². The maximum Gasteiger partial charge on any atom is 0.127 e. The number of allylic oxidation sites excluding steroid dienone is 1. The standard InChI is InChI=1S/C17H22FN/c1-13(16-9-5-6-10-17(16)18)19(15-11-12-15)14-7-3-2-4-8-14/h3,5-7,9-10,13-15H,2,4,8,11-12H2,1H3. The van der Waals surface area contributed by atoms with Crippen LogP contribution in [0, 0.1) is 5.82 Å². The molecule has 0 amide bonds. The summed E-state index contributed by atoms with van der Waals surface area (Å²) in [7, 11) is 0. The van der Waals surface area contributed by atoms with Crippen LogP contribution in [0.3, 0.4) is 0 Å². The first kappa shape index (κ1) is 12.9. The summed E-state index contributed by atoms with van der Waals surface area (Å²) in [6.45, 7) is 2.15. The van der Waals surface area contributed by atoms with E-state index >= 15 is 0 Å². The van der Waals surface area contributed by atoms with Gasteiger partial charge in [-0.05, 0) is 45.1 Å². The minimum atomic E-state index is -0.0690. The molecule has 0 aliphatic heterocycles. The van der Waals surface area contributed by atoms with Gasteiger partial charge in [-0.3, -0.25) is 4.90 Å². The third-order valence-corrected chi connectivity index (χ3v) is 4.38. The van der Waals surface area contributed by atoms with Crippen LogP contribution in [0.1, 0.15) is 50.6 Å². The summed E-state index contributed by atoms with van der Waals surface area (Å²) in [5.41, 5.74) is 0.841. The lowest BCUT2D eigenvalue weighted by atomic mass is 9.97. The summed E-state index contributed by atoms with van der Waals surface area (Å²) in [4.78, 5) is 2.54. The van der Waals surface area contributed by atoms with Crippen molar-refractivity contribution in [1.82, 2.24) is 4.90 Å². The van der Waals surface area contributed by atoms with Crippen LogP contribution in [0.15, 0.2) is 36.4 Å². The Labute approximate surface area is 115 Å². The van der Waals surface area contributed by atoms with Gasteiger partial charge in [-0.25, -0.2) is 4.39 Å². The lowest BCUT2D eigenvalue weighted by molar-refractivity contribution is 0.146. The van der Waals surface area contributed by atoms with Crippen LogP contribution >= 0.6 is 0 Å². The number of rotatable bonds is 4. The first-order valence-corrected chi connectivity index (χ1v) is 7.46. The van der Waals surface area contributed by atoms with Crippen molar-refractivity contribution in [3.8, 4) is 0 Å². The van der Waals surface area contributed by atoms with Gasteiger partial charge in [-0.2, -0.15) is 0 Å². The van der Waals surface area contributed by atoms with E-state index in [1.54, 1.807) is 12.1 Å². The molecule has 2 atom stereocenters. The smallest absolute Gasteiger partial charge is 0.127 e. The molecule has 2 heteroatoms. The zero-order valence-electron chi connectivity index (χ0n) is 11.6. The zero-order valence-corrected chi connectivity index (χ0v) is 11.6. The van der Waals surface area contributed by atoms with Gasteiger partial charge in [0, 0.05) is 23.7 Å². The molecule has 0 aromatic heterocycles. The fourth-order valence-electron chi connectivity index (χ4n) is 3.26. The third kappa shape index (κ3) is 2.74. The van der Waals surface area contributed by atoms with Crippen LogP contribution in [0.2, 0.25) is 0 Å². The van der Waals surface area contributed by atoms with Crippen molar-refractivity contribution in [3.05, 3.63) is 47.8 Å². The summed E-state index contributed by atoms with van der Waals surface area (Å²) < 4.78 is 14.0. The fraction of sp³-hybridized carbons (Fsp3) is 0.529. The molecule has 1 saturated carbocycles. The van der Waals surface area contributed by atoms with E-state index in [1.807, 2.05) is 12.1 Å². The Hall–Kier alpha value is -1.15. The number of hydrogen-bond acceptors (Lipinski definition) is 1. The van der Waals surface area contributed by atoms with E-state index in [9.17, 15) is 4.39 Å². The lowest BCUT2D eigenvalue weighted by Crippen LogP contribution is -2.39. The van der Waals surface area contributed by atoms with Gasteiger partial charge in [0.25, 0.3) is 0 Å². The molecule has 0 saturated heterocycles. The average molecular weight is 259 g/mol. The quantitative estimate of drug-likeness (QED) is 0.722. The molecule has 2 aliphatic carbocycles. The SMILES string of the molecule is CC(c1ccccc1F)N(C1C=CCCC1)C1CC1. The minimum Gasteiger partial charge on any atom is -0.287 e. The van der Waals surface area contributed by atoms with Crippen LogP contribution in [-0.2, 0) is 0 Å². The highest BCUT2D eigenvalue weighted by Gasteiger charge is 2.37. The van der Waals surface area contributed by atoms with Gasteiger partial charge in [0.15, 0.2) is 0 Å². The lowest BCUT2D eigenvalue weighted by Gasteiger charge is -2.37. The maximum absolute atomic E-state index is 14.0. The maximum atomic E-state index is 14.0. The highest BCUT2D eigenvalue weighted by atomic mass is 19.1. The second-order valence-electron chi connectivity index (χ2n) is 5.80. The normalized spacial score (nSPS) is 24.7. The zero-order chi connectivity index (χ0) is 13.2. The van der Waals surface area contributed by atoms with E-state index in [1.165, 1.54) is 32.1 Å². The molecule has 3 rings (SSSR count). The first-order valence-electron chi connectivity index (χ1n) is 7.46. The van der Waals surface area contributed by atoms with E-state index in [0.29, 0.717) is 12.1 Å². The van der Waals surface area contributed by atoms with Crippen LogP contribution in [0.25, 0.3) is 0 Å². The molecule has 1 fully saturated rings. The predicted octanol–water partition coefficient (Wildman–Crippen LogP) is 4.46. The molecular formula is C17H22FN. The molecule has 0 bridgehead atoms. The molecule has 0 heterocycles. The van der Waals surface area contributed by atoms with Crippen LogP contribution in [-0.4, -0.2) is 17.0 Å². The Morgan fingerprint density at radius 1 is 1.21 bits per heavy atom. The Bertz CT molecular complexity index is 464. The summed E-state index contributed by atoms with van der Waals surface area (Å²) in [6.07, 6.45) is 10.8. The summed E-state index contributed by atoms with van der Waals surface area (Å²) in [5.74, 6) is -0.0690. The van der Waals surface area contributed by atoms with Crippen molar-refractivity contribution in [1.29, 1.82) is 0 Å². The van der Waals surface area contributed by atoms with Gasteiger partial charge in [0.2, 0.25) is 0 Å². The summed E-state index contributed by atoms with van der Waals surface area (Å²) in [5, 5.41) is 0. The Morgan fingerprint density at radius 2 is 2.00 bits per heavy atom. The van der Waals surface area contributed by atoms with Crippen LogP contribution < -0.4 is 0 Å². The summed E-state index contributed by atoms with van der Waals surface area (Å²) in [6, 6.07) is 8.54. The van der Waals surface area contributed by atoms with Gasteiger partial charge >= 0.3 is 0 Å². The first-order chi connectivity index (χ1) is 9.27. The molecule has 0 spiro atoms. The number of benzene rings is 1. The number of nitrogens with zero attached hydrogens (tertiary/aromatic N) is 1. The van der Waals surface area contributed by atoms with Crippen molar-refractivity contribution < 1.29 is 4.39 Å². The molecule has 2 aliphatic rings. The number of hydrogen-bond donors (Lipinski definition) is 0. The molecule has 0 radical (unpaired) electrons. The largest absolute Gasteiger partial charge is 0.287 e. The van der Waals surface area contributed by atoms with Crippen molar-refractivity contribution in [2.45, 2.75) is 57.2 Å². The monoisotopic (exact) mass is 259 g/mol. The third-order valence-electron chi connectivity index (χ3n) is 4.38. The van der Waals surface area contributed by atoms with Crippen molar-refractivity contribution >= 4 is 0 Å². The Morgan fingerprint density at radius 3 is 2.63 bits per heavy atom. The van der Waals surface area contributed by atoms with Crippen molar-refractivity contribution in [2.75, 3.05) is 0 Å². The molecule has 0 N–H and O–H groups in total. The van der Waals surface area contributed by atoms with Crippen LogP contribution in [0.5, 0.6) is 0 Å². The van der Waals surface area contributed by atoms with E-state index in [0.717, 1.165) is 5.56 Å². The van der Waals surface area contributed by atoms with Crippen LogP contribution in [0.4, 0.5) is 4.39 Å².